The first-order valence-corrected chi connectivity index (χ1v) is 11.1. The molecule has 0 saturated carbocycles. The Morgan fingerprint density at radius 2 is 2.00 bits per heavy atom. The number of methoxy groups -OCH3 is 1. The second kappa shape index (κ2) is 9.90. The highest BCUT2D eigenvalue weighted by atomic mass is 16.5. The first kappa shape index (κ1) is 21.9. The van der Waals surface area contributed by atoms with Gasteiger partial charge in [0.05, 0.1) is 43.7 Å². The number of aromatic nitrogens is 3. The van der Waals surface area contributed by atoms with Crippen molar-refractivity contribution in [3.05, 3.63) is 72.2 Å². The molecular formula is C25H26N6O3. The van der Waals surface area contributed by atoms with Crippen molar-refractivity contribution >= 4 is 22.8 Å². The Kier molecular flexibility index (Phi) is 6.37. The van der Waals surface area contributed by atoms with Gasteiger partial charge in [0, 0.05) is 36.6 Å². The number of ether oxygens (including phenoxy) is 2. The van der Waals surface area contributed by atoms with Crippen LogP contribution in [-0.2, 0) is 11.3 Å². The Bertz CT molecular complexity index is 1280. The number of allylic oxidation sites excluding steroid dienone is 3. The number of fused-ring (bicyclic) bond motifs is 1. The van der Waals surface area contributed by atoms with Crippen LogP contribution in [0, 0.1) is 0 Å². The quantitative estimate of drug-likeness (QED) is 0.514. The smallest absolute Gasteiger partial charge is 0.231 e. The van der Waals surface area contributed by atoms with Crippen molar-refractivity contribution in [1.82, 2.24) is 20.3 Å². The second-order valence-electron chi connectivity index (χ2n) is 7.83. The number of aliphatic hydroxyl groups excluding tert-OH is 1. The summed E-state index contributed by atoms with van der Waals surface area (Å²) >= 11 is 0. The van der Waals surface area contributed by atoms with Crippen molar-refractivity contribution in [2.75, 3.05) is 43.6 Å². The Hall–Kier alpha value is -3.95. The number of benzene rings is 1. The molecule has 0 unspecified atom stereocenters. The Labute approximate surface area is 197 Å². The topological polar surface area (TPSA) is 105 Å². The van der Waals surface area contributed by atoms with Gasteiger partial charge < -0.3 is 30.1 Å². The maximum Gasteiger partial charge on any atom is 0.231 e. The molecule has 1 saturated heterocycles. The van der Waals surface area contributed by atoms with Crippen LogP contribution >= 0.6 is 0 Å². The minimum atomic E-state index is -0.118. The van der Waals surface area contributed by atoms with Gasteiger partial charge in [-0.25, -0.2) is 4.98 Å². The molecule has 0 atom stereocenters. The fourth-order valence-electron chi connectivity index (χ4n) is 3.95. The van der Waals surface area contributed by atoms with Crippen LogP contribution in [0.5, 0.6) is 5.75 Å². The fourth-order valence-corrected chi connectivity index (χ4v) is 3.95. The molecule has 1 fully saturated rings. The van der Waals surface area contributed by atoms with Crippen molar-refractivity contribution in [1.29, 1.82) is 0 Å². The minimum absolute atomic E-state index is 0.118. The molecule has 0 spiro atoms. The van der Waals surface area contributed by atoms with Gasteiger partial charge in [-0.05, 0) is 42.5 Å². The summed E-state index contributed by atoms with van der Waals surface area (Å²) in [7, 11) is 1.59. The summed E-state index contributed by atoms with van der Waals surface area (Å²) in [6, 6.07) is 9.61. The van der Waals surface area contributed by atoms with Gasteiger partial charge in [-0.1, -0.05) is 6.08 Å². The third-order valence-corrected chi connectivity index (χ3v) is 5.67. The van der Waals surface area contributed by atoms with Crippen LogP contribution in [0.15, 0.2) is 66.7 Å². The van der Waals surface area contributed by atoms with Crippen LogP contribution in [0.2, 0.25) is 0 Å². The van der Waals surface area contributed by atoms with Gasteiger partial charge in [0.2, 0.25) is 5.95 Å². The largest absolute Gasteiger partial charge is 0.496 e. The molecule has 34 heavy (non-hydrogen) atoms. The predicted octanol–water partition coefficient (Wildman–Crippen LogP) is 2.96. The Morgan fingerprint density at radius 3 is 2.82 bits per heavy atom. The molecular weight excluding hydrogens is 432 g/mol. The highest BCUT2D eigenvalue weighted by Gasteiger charge is 2.19. The molecule has 0 radical (unpaired) electrons. The highest BCUT2D eigenvalue weighted by Crippen LogP contribution is 2.30. The van der Waals surface area contributed by atoms with E-state index in [1.807, 2.05) is 61.0 Å². The number of hydrogen-bond acceptors (Lipinski definition) is 9. The standard InChI is InChI=1S/C25H26N6O3/c1-33-22-8-5-17(14-18(22)16-32)21-7-6-20-23(28-21)29-25(27-19-4-2-3-9-26-15-19)30-24(20)31-10-12-34-13-11-31/h2-9,14-15,26,32H,10-13,16H2,1H3,(H,27,28,29,30). The van der Waals surface area contributed by atoms with Gasteiger partial charge in [0.1, 0.15) is 11.6 Å². The summed E-state index contributed by atoms with van der Waals surface area (Å²) in [5.41, 5.74) is 3.74. The molecule has 4 heterocycles. The molecule has 0 aliphatic carbocycles. The SMILES string of the molecule is COc1ccc(-c2ccc3c(N4CCOCC4)nc(NC4=CNC=CC=C4)nc3n2)cc1CO. The maximum atomic E-state index is 9.72. The predicted molar refractivity (Wildman–Crippen MR) is 131 cm³/mol. The third-order valence-electron chi connectivity index (χ3n) is 5.67. The Balaban J connectivity index is 1.58. The molecule has 9 nitrogen and oxygen atoms in total. The van der Waals surface area contributed by atoms with Crippen molar-refractivity contribution in [3.8, 4) is 17.0 Å². The minimum Gasteiger partial charge on any atom is -0.496 e. The Morgan fingerprint density at radius 1 is 1.12 bits per heavy atom. The van der Waals surface area contributed by atoms with Crippen molar-refractivity contribution < 1.29 is 14.6 Å². The zero-order valence-electron chi connectivity index (χ0n) is 18.9. The summed E-state index contributed by atoms with van der Waals surface area (Å²) in [6.07, 6.45) is 9.47. The van der Waals surface area contributed by atoms with E-state index in [2.05, 4.69) is 15.5 Å². The first-order chi connectivity index (χ1) is 16.7. The number of rotatable bonds is 6. The van der Waals surface area contributed by atoms with E-state index >= 15 is 0 Å². The second-order valence-corrected chi connectivity index (χ2v) is 7.83. The van der Waals surface area contributed by atoms with E-state index in [0.717, 1.165) is 41.2 Å². The zero-order chi connectivity index (χ0) is 23.3. The summed E-state index contributed by atoms with van der Waals surface area (Å²) in [4.78, 5) is 16.6. The number of aliphatic hydroxyl groups is 1. The van der Waals surface area contributed by atoms with Crippen LogP contribution in [0.1, 0.15) is 5.56 Å². The average Bonchev–Trinajstić information content (AvgIpc) is 3.16. The van der Waals surface area contributed by atoms with Gasteiger partial charge >= 0.3 is 0 Å². The lowest BCUT2D eigenvalue weighted by atomic mass is 10.1. The van der Waals surface area contributed by atoms with E-state index in [0.29, 0.717) is 36.1 Å². The van der Waals surface area contributed by atoms with E-state index in [1.54, 1.807) is 7.11 Å². The number of nitrogens with zero attached hydrogens (tertiary/aromatic N) is 4. The molecule has 174 valence electrons. The van der Waals surface area contributed by atoms with E-state index in [-0.39, 0.29) is 6.61 Å². The molecule has 9 heteroatoms. The molecule has 3 aromatic rings. The van der Waals surface area contributed by atoms with E-state index in [9.17, 15) is 5.11 Å². The average molecular weight is 459 g/mol. The monoisotopic (exact) mass is 458 g/mol. The number of morpholine rings is 1. The van der Waals surface area contributed by atoms with Gasteiger partial charge in [0.25, 0.3) is 0 Å². The van der Waals surface area contributed by atoms with Crippen LogP contribution < -0.4 is 20.3 Å². The van der Waals surface area contributed by atoms with Gasteiger partial charge in [-0.2, -0.15) is 9.97 Å². The van der Waals surface area contributed by atoms with Crippen LogP contribution in [0.4, 0.5) is 11.8 Å². The van der Waals surface area contributed by atoms with Crippen molar-refractivity contribution in [3.63, 3.8) is 0 Å². The molecule has 1 aromatic carbocycles. The fraction of sp³-hybridized carbons (Fsp3) is 0.240. The lowest BCUT2D eigenvalue weighted by Crippen LogP contribution is -2.37. The lowest BCUT2D eigenvalue weighted by molar-refractivity contribution is 0.122. The number of hydrogen-bond donors (Lipinski definition) is 3. The lowest BCUT2D eigenvalue weighted by Gasteiger charge is -2.28. The molecule has 3 N–H and O–H groups in total. The van der Waals surface area contributed by atoms with E-state index in [4.69, 9.17) is 24.4 Å². The number of pyridine rings is 1. The zero-order valence-corrected chi connectivity index (χ0v) is 18.9. The van der Waals surface area contributed by atoms with Crippen LogP contribution in [0.25, 0.3) is 22.3 Å². The van der Waals surface area contributed by atoms with Crippen LogP contribution in [0.3, 0.4) is 0 Å². The molecule has 0 bridgehead atoms. The summed E-state index contributed by atoms with van der Waals surface area (Å²) < 4.78 is 10.9. The van der Waals surface area contributed by atoms with Gasteiger partial charge in [-0.15, -0.1) is 0 Å². The number of nitrogens with one attached hydrogen (secondary N) is 2. The molecule has 0 amide bonds. The molecule has 2 aromatic heterocycles. The molecule has 2 aliphatic heterocycles. The maximum absolute atomic E-state index is 9.72. The number of anilines is 2. The first-order valence-electron chi connectivity index (χ1n) is 11.1. The summed E-state index contributed by atoms with van der Waals surface area (Å²) in [6.45, 7) is 2.69. The highest BCUT2D eigenvalue weighted by molar-refractivity contribution is 5.90. The van der Waals surface area contributed by atoms with Crippen LogP contribution in [-0.4, -0.2) is 53.5 Å². The van der Waals surface area contributed by atoms with Crippen molar-refractivity contribution in [2.45, 2.75) is 6.61 Å². The normalized spacial score (nSPS) is 15.6. The third kappa shape index (κ3) is 4.57. The molecule has 2 aliphatic rings. The van der Waals surface area contributed by atoms with Crippen molar-refractivity contribution in [2.24, 2.45) is 0 Å². The molecule has 5 rings (SSSR count). The van der Waals surface area contributed by atoms with Gasteiger partial charge in [0.15, 0.2) is 5.65 Å². The van der Waals surface area contributed by atoms with E-state index in [1.165, 1.54) is 0 Å². The van der Waals surface area contributed by atoms with Gasteiger partial charge in [-0.3, -0.25) is 0 Å². The van der Waals surface area contributed by atoms with E-state index < -0.39 is 0 Å². The summed E-state index contributed by atoms with van der Waals surface area (Å²) in [5.74, 6) is 1.93. The summed E-state index contributed by atoms with van der Waals surface area (Å²) in [5, 5.41) is 17.0.